The highest BCUT2D eigenvalue weighted by Crippen LogP contribution is 2.30. The van der Waals surface area contributed by atoms with Crippen molar-refractivity contribution >= 4 is 15.5 Å². The summed E-state index contributed by atoms with van der Waals surface area (Å²) in [5.41, 5.74) is 5.96. The molecule has 2 N–H and O–H groups in total. The van der Waals surface area contributed by atoms with Gasteiger partial charge in [0, 0.05) is 29.8 Å². The monoisotopic (exact) mass is 272 g/mol. The Kier molecular flexibility index (Phi) is 4.08. The number of nitrogens with two attached hydrogens (primary N) is 1. The Labute approximate surface area is 106 Å². The minimum Gasteiger partial charge on any atom is -0.327 e. The molecule has 1 rings (SSSR count). The second-order valence-electron chi connectivity index (χ2n) is 4.40. The summed E-state index contributed by atoms with van der Waals surface area (Å²) < 4.78 is 22.8. The first kappa shape index (κ1) is 14.6. The van der Waals surface area contributed by atoms with Gasteiger partial charge < -0.3 is 5.73 Å². The van der Waals surface area contributed by atoms with Crippen molar-refractivity contribution in [2.24, 2.45) is 5.73 Å². The number of rotatable bonds is 4. The molecule has 0 amide bonds. The number of nitro groups is 1. The number of nitro benzene ring substituents is 1. The van der Waals surface area contributed by atoms with Crippen molar-refractivity contribution in [2.45, 2.75) is 30.7 Å². The van der Waals surface area contributed by atoms with Crippen molar-refractivity contribution in [1.29, 1.82) is 0 Å². The van der Waals surface area contributed by atoms with E-state index in [-0.39, 0.29) is 22.5 Å². The first-order chi connectivity index (χ1) is 8.14. The molecule has 0 aromatic heterocycles. The standard InChI is InChI=1S/C11H16N2O4S/c1-7(8(2)12)10-5-4-9(18(3,16)17)6-11(10)13(14)15/h4-8H,12H2,1-3H3. The van der Waals surface area contributed by atoms with Gasteiger partial charge in [0.15, 0.2) is 9.84 Å². The average molecular weight is 272 g/mol. The number of sulfone groups is 1. The lowest BCUT2D eigenvalue weighted by atomic mass is 9.93. The number of benzene rings is 1. The van der Waals surface area contributed by atoms with Crippen LogP contribution in [0.2, 0.25) is 0 Å². The second kappa shape index (κ2) is 5.03. The van der Waals surface area contributed by atoms with Crippen molar-refractivity contribution in [2.75, 3.05) is 6.26 Å². The maximum Gasteiger partial charge on any atom is 0.274 e. The zero-order valence-electron chi connectivity index (χ0n) is 10.5. The van der Waals surface area contributed by atoms with Gasteiger partial charge in [0.1, 0.15) is 0 Å². The molecule has 2 unspecified atom stereocenters. The summed E-state index contributed by atoms with van der Waals surface area (Å²) in [6.07, 6.45) is 1.01. The average Bonchev–Trinajstić information content (AvgIpc) is 2.25. The molecule has 0 heterocycles. The van der Waals surface area contributed by atoms with Crippen LogP contribution in [-0.2, 0) is 9.84 Å². The van der Waals surface area contributed by atoms with Crippen LogP contribution in [0.3, 0.4) is 0 Å². The molecule has 1 aromatic rings. The molecule has 0 bridgehead atoms. The van der Waals surface area contributed by atoms with Crippen LogP contribution < -0.4 is 5.73 Å². The Hall–Kier alpha value is -1.47. The van der Waals surface area contributed by atoms with Crippen molar-refractivity contribution in [3.05, 3.63) is 33.9 Å². The highest BCUT2D eigenvalue weighted by atomic mass is 32.2. The molecule has 7 heteroatoms. The number of hydrogen-bond donors (Lipinski definition) is 1. The molecule has 0 aliphatic heterocycles. The molecule has 2 atom stereocenters. The molecule has 0 aliphatic rings. The Balaban J connectivity index is 3.43. The van der Waals surface area contributed by atoms with Crippen LogP contribution in [0.4, 0.5) is 5.69 Å². The first-order valence-corrected chi connectivity index (χ1v) is 7.27. The van der Waals surface area contributed by atoms with Gasteiger partial charge in [0.2, 0.25) is 0 Å². The van der Waals surface area contributed by atoms with E-state index in [4.69, 9.17) is 5.73 Å². The Morgan fingerprint density at radius 2 is 1.89 bits per heavy atom. The molecule has 0 saturated heterocycles. The Bertz CT molecular complexity index is 566. The maximum absolute atomic E-state index is 11.4. The third kappa shape index (κ3) is 3.05. The van der Waals surface area contributed by atoms with Crippen molar-refractivity contribution < 1.29 is 13.3 Å². The van der Waals surface area contributed by atoms with Gasteiger partial charge >= 0.3 is 0 Å². The van der Waals surface area contributed by atoms with E-state index >= 15 is 0 Å². The van der Waals surface area contributed by atoms with E-state index < -0.39 is 14.8 Å². The molecule has 0 fully saturated rings. The van der Waals surface area contributed by atoms with Gasteiger partial charge in [-0.05, 0) is 13.0 Å². The lowest BCUT2D eigenvalue weighted by Gasteiger charge is -2.16. The quantitative estimate of drug-likeness (QED) is 0.660. The fourth-order valence-electron chi connectivity index (χ4n) is 1.58. The molecule has 0 saturated carbocycles. The molecule has 0 spiro atoms. The van der Waals surface area contributed by atoms with Crippen molar-refractivity contribution in [3.63, 3.8) is 0 Å². The maximum atomic E-state index is 11.4. The van der Waals surface area contributed by atoms with E-state index in [1.807, 2.05) is 0 Å². The third-order valence-corrected chi connectivity index (χ3v) is 4.02. The zero-order valence-corrected chi connectivity index (χ0v) is 11.3. The topological polar surface area (TPSA) is 103 Å². The van der Waals surface area contributed by atoms with E-state index in [1.54, 1.807) is 13.8 Å². The normalized spacial score (nSPS) is 15.1. The van der Waals surface area contributed by atoms with Crippen LogP contribution in [0.15, 0.2) is 23.1 Å². The minimum absolute atomic E-state index is 0.0603. The third-order valence-electron chi connectivity index (χ3n) is 2.91. The van der Waals surface area contributed by atoms with Gasteiger partial charge in [-0.2, -0.15) is 0 Å². The number of nitrogens with zero attached hydrogens (tertiary/aromatic N) is 1. The van der Waals surface area contributed by atoms with Crippen LogP contribution in [0.1, 0.15) is 25.3 Å². The van der Waals surface area contributed by atoms with Gasteiger partial charge in [-0.1, -0.05) is 13.0 Å². The lowest BCUT2D eigenvalue weighted by Crippen LogP contribution is -2.23. The molecule has 6 nitrogen and oxygen atoms in total. The van der Waals surface area contributed by atoms with Crippen LogP contribution in [0.5, 0.6) is 0 Å². The SMILES string of the molecule is CC(N)C(C)c1ccc(S(C)(=O)=O)cc1[N+](=O)[O-]. The summed E-state index contributed by atoms with van der Waals surface area (Å²) in [6, 6.07) is 3.66. The van der Waals surface area contributed by atoms with Crippen molar-refractivity contribution in [3.8, 4) is 0 Å². The summed E-state index contributed by atoms with van der Waals surface area (Å²) in [6.45, 7) is 3.52. The Morgan fingerprint density at radius 1 is 1.33 bits per heavy atom. The largest absolute Gasteiger partial charge is 0.327 e. The Morgan fingerprint density at radius 3 is 2.28 bits per heavy atom. The van der Waals surface area contributed by atoms with Gasteiger partial charge in [-0.15, -0.1) is 0 Å². The highest BCUT2D eigenvalue weighted by molar-refractivity contribution is 7.90. The van der Waals surface area contributed by atoms with Gasteiger partial charge in [0.05, 0.1) is 9.82 Å². The fourth-order valence-corrected chi connectivity index (χ4v) is 2.22. The van der Waals surface area contributed by atoms with Crippen LogP contribution in [0.25, 0.3) is 0 Å². The molecule has 1 aromatic carbocycles. The molecule has 0 aliphatic carbocycles. The summed E-state index contributed by atoms with van der Waals surface area (Å²) in [5.74, 6) is -0.223. The highest BCUT2D eigenvalue weighted by Gasteiger charge is 2.23. The van der Waals surface area contributed by atoms with E-state index in [0.717, 1.165) is 12.3 Å². The fraction of sp³-hybridized carbons (Fsp3) is 0.455. The summed E-state index contributed by atoms with van der Waals surface area (Å²) in [7, 11) is -3.46. The predicted molar refractivity (Wildman–Crippen MR) is 68.3 cm³/mol. The zero-order chi connectivity index (χ0) is 14.1. The smallest absolute Gasteiger partial charge is 0.274 e. The van der Waals surface area contributed by atoms with E-state index in [9.17, 15) is 18.5 Å². The van der Waals surface area contributed by atoms with Gasteiger partial charge in [-0.3, -0.25) is 10.1 Å². The van der Waals surface area contributed by atoms with Crippen molar-refractivity contribution in [1.82, 2.24) is 0 Å². The van der Waals surface area contributed by atoms with E-state index in [2.05, 4.69) is 0 Å². The predicted octanol–water partition coefficient (Wildman–Crippen LogP) is 1.45. The number of hydrogen-bond acceptors (Lipinski definition) is 5. The first-order valence-electron chi connectivity index (χ1n) is 5.38. The molecule has 0 radical (unpaired) electrons. The van der Waals surface area contributed by atoms with E-state index in [0.29, 0.717) is 5.56 Å². The van der Waals surface area contributed by atoms with Crippen LogP contribution in [-0.4, -0.2) is 25.6 Å². The van der Waals surface area contributed by atoms with Gasteiger partial charge in [-0.25, -0.2) is 8.42 Å². The minimum atomic E-state index is -3.46. The van der Waals surface area contributed by atoms with Crippen LogP contribution >= 0.6 is 0 Å². The van der Waals surface area contributed by atoms with Gasteiger partial charge in [0.25, 0.3) is 5.69 Å². The summed E-state index contributed by atoms with van der Waals surface area (Å²) in [5, 5.41) is 11.0. The molecule has 100 valence electrons. The van der Waals surface area contributed by atoms with E-state index in [1.165, 1.54) is 12.1 Å². The molecule has 18 heavy (non-hydrogen) atoms. The summed E-state index contributed by atoms with van der Waals surface area (Å²) >= 11 is 0. The molecular formula is C11H16N2O4S. The van der Waals surface area contributed by atoms with Crippen LogP contribution in [0, 0.1) is 10.1 Å². The summed E-state index contributed by atoms with van der Waals surface area (Å²) in [4.78, 5) is 10.4. The molecular weight excluding hydrogens is 256 g/mol. The second-order valence-corrected chi connectivity index (χ2v) is 6.41. The lowest BCUT2D eigenvalue weighted by molar-refractivity contribution is -0.386.